The highest BCUT2D eigenvalue weighted by atomic mass is 16.4. The fourth-order valence-electron chi connectivity index (χ4n) is 4.15. The SMILES string of the molecule is Cc1ccc(-c2ccccc2)n1-c1ccc(C(=O)N/N=C/c2ccc(-c3ccccc3C(=O)O)o2)cc1. The molecule has 2 N–H and O–H groups in total. The van der Waals surface area contributed by atoms with Gasteiger partial charge in [-0.1, -0.05) is 48.5 Å². The number of rotatable bonds is 7. The van der Waals surface area contributed by atoms with Gasteiger partial charge in [-0.15, -0.1) is 0 Å². The molecule has 5 aromatic rings. The maximum atomic E-state index is 12.6. The molecule has 0 saturated carbocycles. The number of nitrogens with zero attached hydrogens (tertiary/aromatic N) is 2. The molecule has 0 spiro atoms. The predicted molar refractivity (Wildman–Crippen MR) is 142 cm³/mol. The lowest BCUT2D eigenvalue weighted by Gasteiger charge is -2.12. The summed E-state index contributed by atoms with van der Waals surface area (Å²) in [5.41, 5.74) is 7.79. The van der Waals surface area contributed by atoms with Crippen molar-refractivity contribution in [2.75, 3.05) is 0 Å². The molecule has 37 heavy (non-hydrogen) atoms. The Bertz CT molecular complexity index is 1600. The first-order chi connectivity index (χ1) is 18.0. The number of aryl methyl sites for hydroxylation is 1. The van der Waals surface area contributed by atoms with E-state index in [4.69, 9.17) is 4.42 Å². The maximum absolute atomic E-state index is 12.6. The van der Waals surface area contributed by atoms with Crippen LogP contribution in [0.3, 0.4) is 0 Å². The Labute approximate surface area is 213 Å². The van der Waals surface area contributed by atoms with E-state index in [-0.39, 0.29) is 11.5 Å². The second kappa shape index (κ2) is 10.2. The van der Waals surface area contributed by atoms with Gasteiger partial charge < -0.3 is 14.1 Å². The minimum Gasteiger partial charge on any atom is -0.478 e. The van der Waals surface area contributed by atoms with E-state index in [9.17, 15) is 14.7 Å². The molecule has 2 aromatic heterocycles. The van der Waals surface area contributed by atoms with Gasteiger partial charge in [0, 0.05) is 22.5 Å². The molecule has 7 nitrogen and oxygen atoms in total. The van der Waals surface area contributed by atoms with Crippen molar-refractivity contribution in [3.8, 4) is 28.3 Å². The highest BCUT2D eigenvalue weighted by Crippen LogP contribution is 2.27. The number of carboxylic acids is 1. The van der Waals surface area contributed by atoms with Crippen molar-refractivity contribution in [2.24, 2.45) is 5.10 Å². The smallest absolute Gasteiger partial charge is 0.336 e. The van der Waals surface area contributed by atoms with Crippen molar-refractivity contribution in [3.63, 3.8) is 0 Å². The van der Waals surface area contributed by atoms with Crippen LogP contribution in [0.1, 0.15) is 32.2 Å². The quantitative estimate of drug-likeness (QED) is 0.211. The minimum atomic E-state index is -1.04. The zero-order valence-electron chi connectivity index (χ0n) is 20.0. The van der Waals surface area contributed by atoms with Crippen LogP contribution in [0.15, 0.2) is 113 Å². The van der Waals surface area contributed by atoms with E-state index >= 15 is 0 Å². The summed E-state index contributed by atoms with van der Waals surface area (Å²) in [7, 11) is 0. The Morgan fingerprint density at radius 1 is 0.865 bits per heavy atom. The minimum absolute atomic E-state index is 0.142. The molecule has 3 aromatic carbocycles. The standard InChI is InChI=1S/C30H23N3O4/c1-20-11-17-27(21-7-3-2-4-8-21)33(20)23-14-12-22(13-15-23)29(34)32-31-19-24-16-18-28(37-24)25-9-5-6-10-26(25)30(35)36/h2-19H,1H3,(H,32,34)(H,35,36)/b31-19+. The van der Waals surface area contributed by atoms with E-state index in [1.807, 2.05) is 37.3 Å². The van der Waals surface area contributed by atoms with E-state index in [0.717, 1.165) is 22.6 Å². The highest BCUT2D eigenvalue weighted by molar-refractivity contribution is 5.96. The molecule has 0 aliphatic heterocycles. The molecule has 0 aliphatic carbocycles. The number of hydrogen-bond donors (Lipinski definition) is 2. The largest absolute Gasteiger partial charge is 0.478 e. The molecule has 1 amide bonds. The van der Waals surface area contributed by atoms with E-state index < -0.39 is 5.97 Å². The summed E-state index contributed by atoms with van der Waals surface area (Å²) in [4.78, 5) is 24.1. The Balaban J connectivity index is 1.28. The number of furan rings is 1. The van der Waals surface area contributed by atoms with Crippen LogP contribution in [0.5, 0.6) is 0 Å². The maximum Gasteiger partial charge on any atom is 0.336 e. The summed E-state index contributed by atoms with van der Waals surface area (Å²) in [5, 5.41) is 13.4. The van der Waals surface area contributed by atoms with E-state index in [2.05, 4.69) is 39.4 Å². The lowest BCUT2D eigenvalue weighted by molar-refractivity contribution is 0.0697. The molecule has 7 heteroatoms. The Morgan fingerprint density at radius 3 is 2.35 bits per heavy atom. The molecular formula is C30H23N3O4. The van der Waals surface area contributed by atoms with Crippen LogP contribution in [0.4, 0.5) is 0 Å². The van der Waals surface area contributed by atoms with Gasteiger partial charge in [-0.25, -0.2) is 10.2 Å². The number of benzene rings is 3. The molecule has 0 bridgehead atoms. The number of aromatic nitrogens is 1. The lowest BCUT2D eigenvalue weighted by Crippen LogP contribution is -2.17. The van der Waals surface area contributed by atoms with Gasteiger partial charge in [0.1, 0.15) is 11.5 Å². The topological polar surface area (TPSA) is 96.8 Å². The van der Waals surface area contributed by atoms with Crippen molar-refractivity contribution in [1.29, 1.82) is 0 Å². The van der Waals surface area contributed by atoms with Gasteiger partial charge in [0.2, 0.25) is 0 Å². The number of carbonyl (C=O) groups excluding carboxylic acids is 1. The first-order valence-corrected chi connectivity index (χ1v) is 11.6. The highest BCUT2D eigenvalue weighted by Gasteiger charge is 2.14. The van der Waals surface area contributed by atoms with Crippen molar-refractivity contribution >= 4 is 18.1 Å². The molecule has 182 valence electrons. The van der Waals surface area contributed by atoms with Gasteiger partial charge in [-0.05, 0) is 67.1 Å². The first kappa shape index (κ1) is 23.6. The molecule has 0 atom stereocenters. The monoisotopic (exact) mass is 489 g/mol. The Morgan fingerprint density at radius 2 is 1.59 bits per heavy atom. The lowest BCUT2D eigenvalue weighted by atomic mass is 10.1. The van der Waals surface area contributed by atoms with Gasteiger partial charge >= 0.3 is 5.97 Å². The second-order valence-corrected chi connectivity index (χ2v) is 8.36. The summed E-state index contributed by atoms with van der Waals surface area (Å²) in [6.07, 6.45) is 1.37. The zero-order chi connectivity index (χ0) is 25.8. The third-order valence-electron chi connectivity index (χ3n) is 5.94. The van der Waals surface area contributed by atoms with Gasteiger partial charge in [0.05, 0.1) is 17.5 Å². The van der Waals surface area contributed by atoms with E-state index in [1.54, 1.807) is 42.5 Å². The van der Waals surface area contributed by atoms with Crippen LogP contribution in [0.2, 0.25) is 0 Å². The molecule has 5 rings (SSSR count). The van der Waals surface area contributed by atoms with Crippen molar-refractivity contribution in [1.82, 2.24) is 9.99 Å². The molecule has 0 unspecified atom stereocenters. The van der Waals surface area contributed by atoms with Crippen LogP contribution in [0.25, 0.3) is 28.3 Å². The van der Waals surface area contributed by atoms with Crippen LogP contribution in [0, 0.1) is 6.92 Å². The number of hydrazone groups is 1. The van der Waals surface area contributed by atoms with Gasteiger partial charge in [-0.3, -0.25) is 4.79 Å². The number of nitrogens with one attached hydrogen (secondary N) is 1. The molecular weight excluding hydrogens is 466 g/mol. The average Bonchev–Trinajstić information content (AvgIpc) is 3.56. The summed E-state index contributed by atoms with van der Waals surface area (Å²) in [6, 6.07) is 31.5. The predicted octanol–water partition coefficient (Wildman–Crippen LogP) is 6.17. The van der Waals surface area contributed by atoms with Gasteiger partial charge in [0.15, 0.2) is 0 Å². The number of carbonyl (C=O) groups is 2. The number of amides is 1. The van der Waals surface area contributed by atoms with Crippen molar-refractivity contribution < 1.29 is 19.1 Å². The summed E-state index contributed by atoms with van der Waals surface area (Å²) >= 11 is 0. The third kappa shape index (κ3) is 4.97. The van der Waals surface area contributed by atoms with E-state index in [1.165, 1.54) is 12.3 Å². The molecule has 2 heterocycles. The van der Waals surface area contributed by atoms with Gasteiger partial charge in [0.25, 0.3) is 5.91 Å². The number of carboxylic acid groups (broad SMARTS) is 1. The van der Waals surface area contributed by atoms with Crippen molar-refractivity contribution in [2.45, 2.75) is 6.92 Å². The number of aromatic carboxylic acids is 1. The second-order valence-electron chi connectivity index (χ2n) is 8.36. The van der Waals surface area contributed by atoms with Crippen LogP contribution < -0.4 is 5.43 Å². The van der Waals surface area contributed by atoms with Crippen LogP contribution in [-0.4, -0.2) is 27.8 Å². The average molecular weight is 490 g/mol. The normalized spacial score (nSPS) is 11.1. The zero-order valence-corrected chi connectivity index (χ0v) is 20.0. The molecule has 0 fully saturated rings. The van der Waals surface area contributed by atoms with Crippen molar-refractivity contribution in [3.05, 3.63) is 126 Å². The summed E-state index contributed by atoms with van der Waals surface area (Å²) < 4.78 is 7.84. The van der Waals surface area contributed by atoms with E-state index in [0.29, 0.717) is 22.6 Å². The Hall–Kier alpha value is -5.17. The fourth-order valence-corrected chi connectivity index (χ4v) is 4.15. The Kier molecular flexibility index (Phi) is 6.50. The molecule has 0 saturated heterocycles. The summed E-state index contributed by atoms with van der Waals surface area (Å²) in [6.45, 7) is 2.04. The number of hydrogen-bond acceptors (Lipinski definition) is 4. The molecule has 0 radical (unpaired) electrons. The van der Waals surface area contributed by atoms with Crippen LogP contribution >= 0.6 is 0 Å². The molecule has 0 aliphatic rings. The van der Waals surface area contributed by atoms with Crippen LogP contribution in [-0.2, 0) is 0 Å². The first-order valence-electron chi connectivity index (χ1n) is 11.6. The fraction of sp³-hybridized carbons (Fsp3) is 0.0333. The third-order valence-corrected chi connectivity index (χ3v) is 5.94. The summed E-state index contributed by atoms with van der Waals surface area (Å²) in [5.74, 6) is -0.624. The van der Waals surface area contributed by atoms with Gasteiger partial charge in [-0.2, -0.15) is 5.10 Å².